The van der Waals surface area contributed by atoms with E-state index in [2.05, 4.69) is 16.7 Å². The summed E-state index contributed by atoms with van der Waals surface area (Å²) in [5.74, 6) is -4.05. The number of amides is 2. The zero-order valence-corrected chi connectivity index (χ0v) is 22.9. The lowest BCUT2D eigenvalue weighted by Gasteiger charge is -2.31. The minimum Gasteiger partial charge on any atom is -0.491 e. The number of allylic oxidation sites excluding steroid dienone is 1. The average Bonchev–Trinajstić information content (AvgIpc) is 2.86. The van der Waals surface area contributed by atoms with E-state index in [1.165, 1.54) is 12.1 Å². The van der Waals surface area contributed by atoms with Gasteiger partial charge in [-0.25, -0.2) is 0 Å². The lowest BCUT2D eigenvalue weighted by Crippen LogP contribution is -2.44. The van der Waals surface area contributed by atoms with E-state index in [9.17, 15) is 19.6 Å². The van der Waals surface area contributed by atoms with Crippen molar-refractivity contribution < 1.29 is 23.9 Å². The van der Waals surface area contributed by atoms with Crippen molar-refractivity contribution in [3.05, 3.63) is 67.7 Å². The second-order valence-corrected chi connectivity index (χ2v) is 9.97. The van der Waals surface area contributed by atoms with Crippen molar-refractivity contribution >= 4 is 58.4 Å². The van der Waals surface area contributed by atoms with Crippen LogP contribution < -0.4 is 15.4 Å². The summed E-state index contributed by atoms with van der Waals surface area (Å²) in [4.78, 5) is 38.4. The van der Waals surface area contributed by atoms with Crippen molar-refractivity contribution in [2.75, 3.05) is 24.8 Å². The van der Waals surface area contributed by atoms with E-state index < -0.39 is 23.7 Å². The lowest BCUT2D eigenvalue weighted by molar-refractivity contribution is -0.150. The molecular formula is C26H25Cl2N3O5S. The number of carbonyl (C=O) groups is 3. The molecule has 0 fully saturated rings. The van der Waals surface area contributed by atoms with Gasteiger partial charge in [0.25, 0.3) is 0 Å². The maximum absolute atomic E-state index is 13.1. The second kappa shape index (κ2) is 12.4. The van der Waals surface area contributed by atoms with Gasteiger partial charge in [0.2, 0.25) is 11.8 Å². The molecule has 2 atom stereocenters. The van der Waals surface area contributed by atoms with Gasteiger partial charge in [0, 0.05) is 11.6 Å². The van der Waals surface area contributed by atoms with Crippen LogP contribution in [-0.2, 0) is 19.1 Å². The Labute approximate surface area is 229 Å². The molecule has 0 bridgehead atoms. The van der Waals surface area contributed by atoms with E-state index in [-0.39, 0.29) is 38.1 Å². The predicted octanol–water partition coefficient (Wildman–Crippen LogP) is 5.12. The van der Waals surface area contributed by atoms with Crippen LogP contribution in [0.3, 0.4) is 0 Å². The van der Waals surface area contributed by atoms with Crippen molar-refractivity contribution in [1.29, 1.82) is 5.26 Å². The fraction of sp³-hybridized carbons (Fsp3) is 0.308. The third kappa shape index (κ3) is 6.21. The molecule has 1 aliphatic rings. The summed E-state index contributed by atoms with van der Waals surface area (Å²) >= 11 is 13.7. The number of benzene rings is 2. The topological polar surface area (TPSA) is 118 Å². The number of nitriles is 1. The van der Waals surface area contributed by atoms with E-state index in [0.29, 0.717) is 17.9 Å². The van der Waals surface area contributed by atoms with Crippen LogP contribution in [0.2, 0.25) is 10.0 Å². The summed E-state index contributed by atoms with van der Waals surface area (Å²) in [6.45, 7) is 5.87. The third-order valence-corrected chi connectivity index (χ3v) is 7.32. The number of para-hydroxylation sites is 1. The molecule has 3 rings (SSSR count). The Morgan fingerprint density at radius 3 is 2.35 bits per heavy atom. The summed E-state index contributed by atoms with van der Waals surface area (Å²) in [5.41, 5.74) is 2.96. The number of halogens is 2. The number of esters is 1. The van der Waals surface area contributed by atoms with Gasteiger partial charge >= 0.3 is 5.97 Å². The van der Waals surface area contributed by atoms with Gasteiger partial charge in [-0.2, -0.15) is 5.26 Å². The molecule has 2 N–H and O–H groups in total. The van der Waals surface area contributed by atoms with E-state index in [1.807, 2.05) is 32.0 Å². The molecular weight excluding hydrogens is 537 g/mol. The largest absolute Gasteiger partial charge is 0.491 e. The smallest absolute Gasteiger partial charge is 0.319 e. The molecule has 0 unspecified atom stereocenters. The minimum atomic E-state index is -1.36. The summed E-state index contributed by atoms with van der Waals surface area (Å²) < 4.78 is 10.3. The monoisotopic (exact) mass is 561 g/mol. The number of nitrogens with one attached hydrogen (secondary N) is 2. The Hall–Kier alpha value is -3.19. The summed E-state index contributed by atoms with van der Waals surface area (Å²) in [6.07, 6.45) is 0. The molecule has 0 aromatic heterocycles. The summed E-state index contributed by atoms with van der Waals surface area (Å²) in [7, 11) is 1.16. The fourth-order valence-corrected chi connectivity index (χ4v) is 5.51. The number of anilines is 1. The molecule has 8 nitrogen and oxygen atoms in total. The van der Waals surface area contributed by atoms with Crippen molar-refractivity contribution in [3.63, 3.8) is 0 Å². The van der Waals surface area contributed by atoms with Crippen LogP contribution in [0, 0.1) is 31.1 Å². The Kier molecular flexibility index (Phi) is 9.49. The van der Waals surface area contributed by atoms with Gasteiger partial charge < -0.3 is 20.1 Å². The number of hydrogen-bond acceptors (Lipinski definition) is 7. The van der Waals surface area contributed by atoms with Crippen LogP contribution in [0.1, 0.15) is 29.5 Å². The number of ether oxygens (including phenoxy) is 2. The highest BCUT2D eigenvalue weighted by Crippen LogP contribution is 2.44. The van der Waals surface area contributed by atoms with E-state index in [0.717, 1.165) is 30.0 Å². The van der Waals surface area contributed by atoms with Crippen LogP contribution in [0.5, 0.6) is 5.75 Å². The molecule has 0 aliphatic carbocycles. The van der Waals surface area contributed by atoms with Gasteiger partial charge in [0.1, 0.15) is 5.92 Å². The highest BCUT2D eigenvalue weighted by atomic mass is 35.5. The first-order valence-electron chi connectivity index (χ1n) is 11.3. The van der Waals surface area contributed by atoms with E-state index in [4.69, 9.17) is 32.7 Å². The number of thioether (sulfide) groups is 1. The highest BCUT2D eigenvalue weighted by molar-refractivity contribution is 8.03. The van der Waals surface area contributed by atoms with Crippen LogP contribution in [-0.4, -0.2) is 37.3 Å². The molecule has 2 aromatic carbocycles. The van der Waals surface area contributed by atoms with Crippen LogP contribution in [0.25, 0.3) is 0 Å². The predicted molar refractivity (Wildman–Crippen MR) is 144 cm³/mol. The fourth-order valence-electron chi connectivity index (χ4n) is 4.05. The Balaban J connectivity index is 1.98. The number of carbonyl (C=O) groups excluding carboxylic acids is 3. The normalized spacial score (nSPS) is 17.1. The molecule has 0 radical (unpaired) electrons. The Morgan fingerprint density at radius 1 is 1.19 bits per heavy atom. The first-order valence-corrected chi connectivity index (χ1v) is 13.0. The number of rotatable bonds is 8. The lowest BCUT2D eigenvalue weighted by atomic mass is 9.78. The number of methoxy groups -OCH3 is 1. The molecule has 2 amide bonds. The SMILES string of the molecule is CCOc1c(Cl)cc([C@@H]2C(C#N)=C(SCC(=O)Nc3c(C)cccc3C)NC(=O)[C@H]2C(=O)OC)cc1Cl. The standard InChI is InChI=1S/C26H25Cl2N3O5S/c1-5-36-23-17(27)9-15(10-18(23)28)20-16(11-29)25(31-24(33)21(20)26(34)35-4)37-12-19(32)30-22-13(2)7-6-8-14(22)3/h6-10,20-21H,5,12H2,1-4H3,(H,30,32)(H,31,33)/t20-,21+/m1/s1. The minimum absolute atomic E-state index is 0.0798. The number of hydrogen-bond donors (Lipinski definition) is 2. The highest BCUT2D eigenvalue weighted by Gasteiger charge is 2.44. The van der Waals surface area contributed by atoms with Gasteiger partial charge in [0.15, 0.2) is 5.75 Å². The van der Waals surface area contributed by atoms with Crippen molar-refractivity contribution in [2.24, 2.45) is 5.92 Å². The first kappa shape index (κ1) is 28.4. The molecule has 194 valence electrons. The Bertz CT molecular complexity index is 1280. The maximum atomic E-state index is 13.1. The first-order chi connectivity index (χ1) is 17.6. The molecule has 0 spiro atoms. The van der Waals surface area contributed by atoms with Crippen molar-refractivity contribution in [1.82, 2.24) is 5.32 Å². The van der Waals surface area contributed by atoms with Gasteiger partial charge in [-0.15, -0.1) is 0 Å². The Morgan fingerprint density at radius 2 is 1.81 bits per heavy atom. The zero-order chi connectivity index (χ0) is 27.3. The summed E-state index contributed by atoms with van der Waals surface area (Å²) in [5, 5.41) is 16.0. The number of aryl methyl sites for hydroxylation is 2. The van der Waals surface area contributed by atoms with Gasteiger partial charge in [-0.1, -0.05) is 53.2 Å². The van der Waals surface area contributed by atoms with Crippen LogP contribution in [0.15, 0.2) is 40.9 Å². The third-order valence-electron chi connectivity index (χ3n) is 5.75. The van der Waals surface area contributed by atoms with Crippen LogP contribution in [0.4, 0.5) is 5.69 Å². The molecule has 0 saturated carbocycles. The average molecular weight is 562 g/mol. The van der Waals surface area contributed by atoms with Crippen molar-refractivity contribution in [3.8, 4) is 11.8 Å². The number of nitrogens with zero attached hydrogens (tertiary/aromatic N) is 1. The molecule has 1 heterocycles. The van der Waals surface area contributed by atoms with Crippen molar-refractivity contribution in [2.45, 2.75) is 26.7 Å². The zero-order valence-electron chi connectivity index (χ0n) is 20.6. The maximum Gasteiger partial charge on any atom is 0.319 e. The van der Waals surface area contributed by atoms with E-state index >= 15 is 0 Å². The van der Waals surface area contributed by atoms with Crippen LogP contribution >= 0.6 is 35.0 Å². The van der Waals surface area contributed by atoms with Gasteiger partial charge in [0.05, 0.1) is 46.2 Å². The molecule has 1 aliphatic heterocycles. The molecule has 37 heavy (non-hydrogen) atoms. The summed E-state index contributed by atoms with van der Waals surface area (Å²) in [6, 6.07) is 10.8. The van der Waals surface area contributed by atoms with E-state index in [1.54, 1.807) is 6.92 Å². The second-order valence-electron chi connectivity index (χ2n) is 8.17. The molecule has 11 heteroatoms. The quantitative estimate of drug-likeness (QED) is 0.339. The molecule has 0 saturated heterocycles. The van der Waals surface area contributed by atoms with Gasteiger partial charge in [-0.3, -0.25) is 14.4 Å². The molecule has 2 aromatic rings. The van der Waals surface area contributed by atoms with Gasteiger partial charge in [-0.05, 0) is 49.6 Å².